The van der Waals surface area contributed by atoms with E-state index in [9.17, 15) is 0 Å². The summed E-state index contributed by atoms with van der Waals surface area (Å²) in [5.41, 5.74) is 9.15. The first-order chi connectivity index (χ1) is 13.3. The summed E-state index contributed by atoms with van der Waals surface area (Å²) in [7, 11) is 0. The third kappa shape index (κ3) is 6.64. The summed E-state index contributed by atoms with van der Waals surface area (Å²) in [6.45, 7) is 3.12. The van der Waals surface area contributed by atoms with Gasteiger partial charge in [0.15, 0.2) is 0 Å². The largest absolute Gasteiger partial charge is 0.492 e. The smallest absolute Gasteiger partial charge is 0.137 e. The third-order valence-electron chi connectivity index (χ3n) is 5.29. The van der Waals surface area contributed by atoms with Crippen molar-refractivity contribution in [1.29, 1.82) is 0 Å². The van der Waals surface area contributed by atoms with Crippen molar-refractivity contribution in [2.24, 2.45) is 16.6 Å². The van der Waals surface area contributed by atoms with Gasteiger partial charge in [0.1, 0.15) is 5.76 Å². The molecule has 3 rings (SSSR count). The fourth-order valence-corrected chi connectivity index (χ4v) is 3.62. The summed E-state index contributed by atoms with van der Waals surface area (Å²) in [6.07, 6.45) is 14.0. The molecule has 2 heterocycles. The molecule has 4 nitrogen and oxygen atoms in total. The fourth-order valence-electron chi connectivity index (χ4n) is 3.62. The first-order valence-corrected chi connectivity index (χ1v) is 10.3. The molecule has 2 N–H and O–H groups in total. The lowest BCUT2D eigenvalue weighted by Crippen LogP contribution is -2.12. The lowest BCUT2D eigenvalue weighted by molar-refractivity contribution is 0.0913. The van der Waals surface area contributed by atoms with E-state index in [-0.39, 0.29) is 0 Å². The number of nitrogens with zero attached hydrogens (tertiary/aromatic N) is 1. The van der Waals surface area contributed by atoms with Gasteiger partial charge in [0.05, 0.1) is 12.8 Å². The summed E-state index contributed by atoms with van der Waals surface area (Å²) in [4.78, 5) is 4.72. The van der Waals surface area contributed by atoms with Crippen LogP contribution in [0.4, 0.5) is 0 Å². The van der Waals surface area contributed by atoms with E-state index < -0.39 is 0 Å². The maximum atomic E-state index is 6.03. The monoisotopic (exact) mass is 368 g/mol. The van der Waals surface area contributed by atoms with Crippen LogP contribution in [0.15, 0.2) is 53.4 Å². The molecule has 2 aliphatic heterocycles. The predicted octanol–water partition coefficient (Wildman–Crippen LogP) is 4.74. The Balaban J connectivity index is 1.57. The quantitative estimate of drug-likeness (QED) is 0.789. The highest BCUT2D eigenvalue weighted by Gasteiger charge is 2.12. The Morgan fingerprint density at radius 2 is 2.15 bits per heavy atom. The van der Waals surface area contributed by atoms with Gasteiger partial charge in [-0.25, -0.2) is 0 Å². The lowest BCUT2D eigenvalue weighted by Gasteiger charge is -2.20. The van der Waals surface area contributed by atoms with Crippen LogP contribution < -0.4 is 5.73 Å². The van der Waals surface area contributed by atoms with Crippen molar-refractivity contribution >= 4 is 5.71 Å². The molecular formula is C23H32N2O2. The molecule has 0 radical (unpaired) electrons. The molecule has 27 heavy (non-hydrogen) atoms. The summed E-state index contributed by atoms with van der Waals surface area (Å²) < 4.78 is 11.6. The maximum absolute atomic E-state index is 6.03. The molecule has 0 saturated carbocycles. The number of rotatable bonds is 6. The van der Waals surface area contributed by atoms with Crippen LogP contribution in [0.25, 0.3) is 0 Å². The molecule has 0 bridgehead atoms. The number of hydrogen-bond donors (Lipinski definition) is 1. The summed E-state index contributed by atoms with van der Waals surface area (Å²) >= 11 is 0. The molecule has 0 amide bonds. The van der Waals surface area contributed by atoms with E-state index in [1.807, 2.05) is 6.20 Å². The van der Waals surface area contributed by atoms with Crippen LogP contribution >= 0.6 is 0 Å². The van der Waals surface area contributed by atoms with Crippen LogP contribution in [0.3, 0.4) is 0 Å². The van der Waals surface area contributed by atoms with Crippen molar-refractivity contribution in [2.45, 2.75) is 51.5 Å². The van der Waals surface area contributed by atoms with Crippen molar-refractivity contribution in [1.82, 2.24) is 0 Å². The van der Waals surface area contributed by atoms with Gasteiger partial charge >= 0.3 is 0 Å². The molecule has 4 heteroatoms. The van der Waals surface area contributed by atoms with Gasteiger partial charge in [-0.05, 0) is 61.3 Å². The van der Waals surface area contributed by atoms with Gasteiger partial charge in [0.2, 0.25) is 0 Å². The maximum Gasteiger partial charge on any atom is 0.137 e. The number of benzene rings is 1. The van der Waals surface area contributed by atoms with Crippen molar-refractivity contribution in [3.63, 3.8) is 0 Å². The van der Waals surface area contributed by atoms with Gasteiger partial charge in [-0.15, -0.1) is 0 Å². The SMILES string of the molecule is NCc1cccc(C2=N/C=C(OCCC3CCCCOCC3)\C=C/CC2)c1. The van der Waals surface area contributed by atoms with Crippen LogP contribution in [0.1, 0.15) is 56.1 Å². The number of hydrogen-bond acceptors (Lipinski definition) is 4. The molecule has 146 valence electrons. The minimum absolute atomic E-state index is 0.553. The first-order valence-electron chi connectivity index (χ1n) is 10.3. The van der Waals surface area contributed by atoms with E-state index in [0.29, 0.717) is 12.5 Å². The standard InChI is InChI=1S/C23H32N2O2/c24-17-20-7-5-8-21(16-20)23-10-2-1-9-22(18-25-23)27-15-12-19-6-3-4-13-26-14-11-19/h1,5,7-9,16,18-19H,2-4,6,10-15,17,24H2/b9-1-,22-18+,25-23?. The van der Waals surface area contributed by atoms with Crippen molar-refractivity contribution < 1.29 is 9.47 Å². The number of ether oxygens (including phenoxy) is 2. The highest BCUT2D eigenvalue weighted by molar-refractivity contribution is 6.01. The normalized spacial score (nSPS) is 24.4. The lowest BCUT2D eigenvalue weighted by atomic mass is 9.95. The minimum Gasteiger partial charge on any atom is -0.492 e. The van der Waals surface area contributed by atoms with E-state index in [2.05, 4.69) is 36.4 Å². The van der Waals surface area contributed by atoms with E-state index in [1.54, 1.807) is 0 Å². The summed E-state index contributed by atoms with van der Waals surface area (Å²) in [5.74, 6) is 1.56. The minimum atomic E-state index is 0.553. The van der Waals surface area contributed by atoms with Crippen molar-refractivity contribution in [2.75, 3.05) is 19.8 Å². The molecule has 1 saturated heterocycles. The Labute approximate surface area is 163 Å². The topological polar surface area (TPSA) is 56.8 Å². The highest BCUT2D eigenvalue weighted by atomic mass is 16.5. The van der Waals surface area contributed by atoms with E-state index in [4.69, 9.17) is 20.2 Å². The van der Waals surface area contributed by atoms with Crippen LogP contribution in [0.2, 0.25) is 0 Å². The first kappa shape index (κ1) is 19.8. The molecule has 0 aliphatic carbocycles. The molecule has 2 aliphatic rings. The molecule has 0 aromatic heterocycles. The van der Waals surface area contributed by atoms with Crippen LogP contribution in [-0.2, 0) is 16.0 Å². The second kappa shape index (κ2) is 11.1. The van der Waals surface area contributed by atoms with Crippen LogP contribution in [0.5, 0.6) is 0 Å². The molecule has 1 aromatic rings. The van der Waals surface area contributed by atoms with Gasteiger partial charge in [-0.2, -0.15) is 0 Å². The molecular weight excluding hydrogens is 336 g/mol. The Morgan fingerprint density at radius 1 is 1.19 bits per heavy atom. The van der Waals surface area contributed by atoms with Gasteiger partial charge in [0, 0.05) is 25.5 Å². The zero-order valence-corrected chi connectivity index (χ0v) is 16.2. The van der Waals surface area contributed by atoms with Gasteiger partial charge in [-0.1, -0.05) is 37.1 Å². The van der Waals surface area contributed by atoms with Gasteiger partial charge < -0.3 is 15.2 Å². The van der Waals surface area contributed by atoms with Crippen molar-refractivity contribution in [3.8, 4) is 0 Å². The number of nitrogens with two attached hydrogens (primary N) is 1. The van der Waals surface area contributed by atoms with Crippen molar-refractivity contribution in [3.05, 3.63) is 59.5 Å². The number of aliphatic imine (C=N–C) groups is 1. The Bertz CT molecular complexity index is 671. The Morgan fingerprint density at radius 3 is 3.07 bits per heavy atom. The summed E-state index contributed by atoms with van der Waals surface area (Å²) in [5, 5.41) is 0. The zero-order chi connectivity index (χ0) is 18.7. The molecule has 1 fully saturated rings. The third-order valence-corrected chi connectivity index (χ3v) is 5.29. The van der Waals surface area contributed by atoms with Gasteiger partial charge in [0.25, 0.3) is 0 Å². The van der Waals surface area contributed by atoms with E-state index in [0.717, 1.165) is 68.1 Å². The predicted molar refractivity (Wildman–Crippen MR) is 111 cm³/mol. The van der Waals surface area contributed by atoms with Crippen LogP contribution in [-0.4, -0.2) is 25.5 Å². The number of allylic oxidation sites excluding steroid dienone is 2. The second-order valence-corrected chi connectivity index (χ2v) is 7.35. The molecule has 0 spiro atoms. The Hall–Kier alpha value is -1.91. The second-order valence-electron chi connectivity index (χ2n) is 7.35. The van der Waals surface area contributed by atoms with E-state index >= 15 is 0 Å². The fraction of sp³-hybridized carbons (Fsp3) is 0.522. The molecule has 1 atom stereocenters. The Kier molecular flexibility index (Phi) is 8.12. The molecule has 1 unspecified atom stereocenters. The zero-order valence-electron chi connectivity index (χ0n) is 16.2. The highest BCUT2D eigenvalue weighted by Crippen LogP contribution is 2.21. The van der Waals surface area contributed by atoms with Gasteiger partial charge in [-0.3, -0.25) is 4.99 Å². The van der Waals surface area contributed by atoms with E-state index in [1.165, 1.54) is 19.3 Å². The van der Waals surface area contributed by atoms with Crippen LogP contribution in [0, 0.1) is 5.92 Å². The molecule has 1 aromatic carbocycles. The summed E-state index contributed by atoms with van der Waals surface area (Å²) in [6, 6.07) is 8.34. The average Bonchev–Trinajstić information content (AvgIpc) is 2.65. The average molecular weight is 369 g/mol.